The second-order valence-corrected chi connectivity index (χ2v) is 5.53. The molecule has 1 N–H and O–H groups in total. The maximum Gasteiger partial charge on any atom is 0.240 e. The molecule has 1 unspecified atom stereocenters. The first-order valence-electron chi connectivity index (χ1n) is 4.73. The van der Waals surface area contributed by atoms with Crippen LogP contribution in [0.15, 0.2) is 29.2 Å². The summed E-state index contributed by atoms with van der Waals surface area (Å²) in [7, 11) is -3.40. The summed E-state index contributed by atoms with van der Waals surface area (Å²) in [4.78, 5) is 0.243. The van der Waals surface area contributed by atoms with E-state index in [2.05, 4.69) is 4.72 Å². The summed E-state index contributed by atoms with van der Waals surface area (Å²) in [6.07, 6.45) is 0.757. The second kappa shape index (κ2) is 4.96. The van der Waals surface area contributed by atoms with Crippen molar-refractivity contribution in [1.82, 2.24) is 4.72 Å². The molecule has 1 aromatic carbocycles. The van der Waals surface area contributed by atoms with Gasteiger partial charge in [-0.1, -0.05) is 18.5 Å². The average Bonchev–Trinajstić information content (AvgIpc) is 2.17. The molecule has 1 aromatic rings. The van der Waals surface area contributed by atoms with E-state index in [4.69, 9.17) is 11.6 Å². The highest BCUT2D eigenvalue weighted by Crippen LogP contribution is 2.14. The van der Waals surface area contributed by atoms with E-state index in [1.807, 2.05) is 13.8 Å². The minimum absolute atomic E-state index is 0.0642. The van der Waals surface area contributed by atoms with Gasteiger partial charge in [-0.2, -0.15) is 0 Å². The second-order valence-electron chi connectivity index (χ2n) is 3.38. The lowest BCUT2D eigenvalue weighted by atomic mass is 10.3. The van der Waals surface area contributed by atoms with Crippen molar-refractivity contribution in [3.05, 3.63) is 29.3 Å². The summed E-state index contributed by atoms with van der Waals surface area (Å²) in [5.74, 6) is 0. The molecule has 0 aromatic heterocycles. The van der Waals surface area contributed by atoms with Gasteiger partial charge >= 0.3 is 0 Å². The average molecular weight is 248 g/mol. The number of halogens is 1. The van der Waals surface area contributed by atoms with E-state index in [9.17, 15) is 8.42 Å². The normalized spacial score (nSPS) is 13.8. The van der Waals surface area contributed by atoms with Crippen molar-refractivity contribution in [3.8, 4) is 0 Å². The number of nitrogens with one attached hydrogen (secondary N) is 1. The maximum atomic E-state index is 11.8. The van der Waals surface area contributed by atoms with Gasteiger partial charge in [0.2, 0.25) is 10.0 Å². The summed E-state index contributed by atoms with van der Waals surface area (Å²) in [5, 5.41) is 0.525. The smallest absolute Gasteiger partial charge is 0.208 e. The third-order valence-corrected chi connectivity index (χ3v) is 3.95. The molecule has 0 amide bonds. The number of hydrogen-bond acceptors (Lipinski definition) is 2. The van der Waals surface area contributed by atoms with Crippen LogP contribution in [0.3, 0.4) is 0 Å². The zero-order valence-electron chi connectivity index (χ0n) is 8.70. The molecule has 84 valence electrons. The number of hydrogen-bond donors (Lipinski definition) is 1. The van der Waals surface area contributed by atoms with Crippen molar-refractivity contribution in [3.63, 3.8) is 0 Å². The van der Waals surface area contributed by atoms with Crippen molar-refractivity contribution < 1.29 is 8.42 Å². The van der Waals surface area contributed by atoms with E-state index < -0.39 is 10.0 Å². The van der Waals surface area contributed by atoms with E-state index in [1.54, 1.807) is 12.1 Å². The zero-order valence-corrected chi connectivity index (χ0v) is 10.3. The third-order valence-electron chi connectivity index (χ3n) is 2.09. The Hall–Kier alpha value is -0.580. The molecule has 0 aliphatic heterocycles. The minimum Gasteiger partial charge on any atom is -0.208 e. The van der Waals surface area contributed by atoms with Gasteiger partial charge in [0, 0.05) is 11.1 Å². The topological polar surface area (TPSA) is 46.2 Å². The van der Waals surface area contributed by atoms with Crippen LogP contribution in [-0.4, -0.2) is 14.5 Å². The van der Waals surface area contributed by atoms with Crippen LogP contribution in [0.4, 0.5) is 0 Å². The first-order valence-corrected chi connectivity index (χ1v) is 6.59. The minimum atomic E-state index is -3.40. The Morgan fingerprint density at radius 3 is 2.33 bits per heavy atom. The standard InChI is InChI=1S/C10H14ClNO2S/c1-3-8(2)12-15(13,14)10-6-4-9(11)5-7-10/h4-8,12H,3H2,1-2H3. The van der Waals surface area contributed by atoms with Crippen molar-refractivity contribution >= 4 is 21.6 Å². The summed E-state index contributed by atoms with van der Waals surface area (Å²) >= 11 is 5.68. The lowest BCUT2D eigenvalue weighted by Crippen LogP contribution is -2.31. The molecule has 1 rings (SSSR count). The zero-order chi connectivity index (χ0) is 11.5. The van der Waals surface area contributed by atoms with Crippen molar-refractivity contribution in [2.75, 3.05) is 0 Å². The van der Waals surface area contributed by atoms with Crippen LogP contribution in [0.2, 0.25) is 5.02 Å². The van der Waals surface area contributed by atoms with Gasteiger partial charge in [-0.25, -0.2) is 13.1 Å². The Morgan fingerprint density at radius 2 is 1.87 bits per heavy atom. The van der Waals surface area contributed by atoms with Crippen LogP contribution in [-0.2, 0) is 10.0 Å². The molecule has 0 fully saturated rings. The monoisotopic (exact) mass is 247 g/mol. The molecule has 0 saturated heterocycles. The molecule has 15 heavy (non-hydrogen) atoms. The van der Waals surface area contributed by atoms with Crippen LogP contribution in [0.1, 0.15) is 20.3 Å². The molecule has 0 spiro atoms. The Labute approximate surface area is 95.5 Å². The molecule has 0 aliphatic carbocycles. The third kappa shape index (κ3) is 3.48. The first kappa shape index (κ1) is 12.5. The maximum absolute atomic E-state index is 11.8. The van der Waals surface area contributed by atoms with Crippen molar-refractivity contribution in [2.24, 2.45) is 0 Å². The van der Waals surface area contributed by atoms with Gasteiger partial charge < -0.3 is 0 Å². The van der Waals surface area contributed by atoms with Gasteiger partial charge in [0.1, 0.15) is 0 Å². The van der Waals surface area contributed by atoms with Crippen molar-refractivity contribution in [1.29, 1.82) is 0 Å². The quantitative estimate of drug-likeness (QED) is 0.888. The highest BCUT2D eigenvalue weighted by molar-refractivity contribution is 7.89. The van der Waals surface area contributed by atoms with Crippen molar-refractivity contribution in [2.45, 2.75) is 31.2 Å². The Kier molecular flexibility index (Phi) is 4.13. The fourth-order valence-electron chi connectivity index (χ4n) is 1.03. The summed E-state index contributed by atoms with van der Waals surface area (Å²) in [6, 6.07) is 6.05. The molecule has 0 heterocycles. The highest BCUT2D eigenvalue weighted by Gasteiger charge is 2.15. The SMILES string of the molecule is CCC(C)NS(=O)(=O)c1ccc(Cl)cc1. The van der Waals surface area contributed by atoms with Gasteiger partial charge in [-0.15, -0.1) is 0 Å². The van der Waals surface area contributed by atoms with E-state index in [-0.39, 0.29) is 10.9 Å². The molecule has 1 atom stereocenters. The van der Waals surface area contributed by atoms with Crippen LogP contribution < -0.4 is 4.72 Å². The molecular formula is C10H14ClNO2S. The fourth-order valence-corrected chi connectivity index (χ4v) is 2.48. The molecule has 0 aliphatic rings. The van der Waals surface area contributed by atoms with Gasteiger partial charge in [0.05, 0.1) is 4.90 Å². The van der Waals surface area contributed by atoms with Gasteiger partial charge in [0.25, 0.3) is 0 Å². The highest BCUT2D eigenvalue weighted by atomic mass is 35.5. The lowest BCUT2D eigenvalue weighted by molar-refractivity contribution is 0.556. The Bertz CT molecular complexity index is 414. The summed E-state index contributed by atoms with van der Waals surface area (Å²) in [5.41, 5.74) is 0. The molecular weight excluding hydrogens is 234 g/mol. The van der Waals surface area contributed by atoms with E-state index in [0.29, 0.717) is 5.02 Å². The molecule has 0 bridgehead atoms. The Balaban J connectivity index is 2.91. The van der Waals surface area contributed by atoms with E-state index in [1.165, 1.54) is 12.1 Å². The molecule has 0 saturated carbocycles. The predicted molar refractivity (Wildman–Crippen MR) is 61.5 cm³/mol. The fraction of sp³-hybridized carbons (Fsp3) is 0.400. The van der Waals surface area contributed by atoms with E-state index >= 15 is 0 Å². The van der Waals surface area contributed by atoms with Crippen LogP contribution >= 0.6 is 11.6 Å². The van der Waals surface area contributed by atoms with Crippen LogP contribution in [0.25, 0.3) is 0 Å². The molecule has 0 radical (unpaired) electrons. The molecule has 3 nitrogen and oxygen atoms in total. The largest absolute Gasteiger partial charge is 0.240 e. The number of benzene rings is 1. The Morgan fingerprint density at radius 1 is 1.33 bits per heavy atom. The van der Waals surface area contributed by atoms with Gasteiger partial charge in [-0.3, -0.25) is 0 Å². The summed E-state index contributed by atoms with van der Waals surface area (Å²) in [6.45, 7) is 3.75. The molecule has 5 heteroatoms. The number of sulfonamides is 1. The lowest BCUT2D eigenvalue weighted by Gasteiger charge is -2.11. The summed E-state index contributed by atoms with van der Waals surface area (Å²) < 4.78 is 26.1. The van der Waals surface area contributed by atoms with Crippen LogP contribution in [0.5, 0.6) is 0 Å². The van der Waals surface area contributed by atoms with Gasteiger partial charge in [-0.05, 0) is 37.6 Å². The van der Waals surface area contributed by atoms with Gasteiger partial charge in [0.15, 0.2) is 0 Å². The van der Waals surface area contributed by atoms with E-state index in [0.717, 1.165) is 6.42 Å². The number of rotatable bonds is 4. The first-order chi connectivity index (χ1) is 6.95. The predicted octanol–water partition coefficient (Wildman–Crippen LogP) is 2.42. The van der Waals surface area contributed by atoms with Crippen LogP contribution in [0, 0.1) is 0 Å².